The Morgan fingerprint density at radius 1 is 1.53 bits per heavy atom. The Bertz CT molecular complexity index is 371. The highest BCUT2D eigenvalue weighted by Crippen LogP contribution is 2.23. The van der Waals surface area contributed by atoms with Crippen molar-refractivity contribution >= 4 is 17.7 Å². The van der Waals surface area contributed by atoms with Crippen LogP contribution >= 0.6 is 11.8 Å². The largest absolute Gasteiger partial charge is 0.494 e. The van der Waals surface area contributed by atoms with Crippen molar-refractivity contribution in [2.24, 2.45) is 5.73 Å². The Balaban J connectivity index is 2.48. The van der Waals surface area contributed by atoms with Crippen LogP contribution in [0.25, 0.3) is 0 Å². The van der Waals surface area contributed by atoms with E-state index in [-0.39, 0.29) is 0 Å². The van der Waals surface area contributed by atoms with Crippen molar-refractivity contribution in [3.63, 3.8) is 0 Å². The van der Waals surface area contributed by atoms with Crippen molar-refractivity contribution < 1.29 is 14.6 Å². The minimum absolute atomic E-state index is 0.399. The predicted molar refractivity (Wildman–Crippen MR) is 69.4 cm³/mol. The number of benzene rings is 1. The van der Waals surface area contributed by atoms with Gasteiger partial charge in [0.1, 0.15) is 11.8 Å². The predicted octanol–water partition coefficient (Wildman–Crippen LogP) is 1.73. The standard InChI is InChI=1S/C12H17NO3S/c1-2-16-11-6-4-3-5-9(11)7-17-8-10(13)12(14)15/h3-6,10H,2,7-8,13H2,1H3,(H,14,15). The number of hydrogen-bond donors (Lipinski definition) is 2. The summed E-state index contributed by atoms with van der Waals surface area (Å²) < 4.78 is 5.48. The molecule has 1 aromatic carbocycles. The molecule has 1 unspecified atom stereocenters. The molecule has 0 heterocycles. The quantitative estimate of drug-likeness (QED) is 0.776. The molecule has 17 heavy (non-hydrogen) atoms. The Labute approximate surface area is 105 Å². The van der Waals surface area contributed by atoms with E-state index in [1.807, 2.05) is 31.2 Å². The minimum atomic E-state index is -0.962. The number of ether oxygens (including phenoxy) is 1. The highest BCUT2D eigenvalue weighted by atomic mass is 32.2. The Morgan fingerprint density at radius 2 is 2.24 bits per heavy atom. The maximum absolute atomic E-state index is 10.5. The first-order valence-corrected chi connectivity index (χ1v) is 6.57. The van der Waals surface area contributed by atoms with E-state index in [9.17, 15) is 4.79 Å². The molecule has 0 spiro atoms. The third-order valence-electron chi connectivity index (χ3n) is 2.14. The number of carboxylic acids is 1. The van der Waals surface area contributed by atoms with Gasteiger partial charge in [0.05, 0.1) is 6.61 Å². The van der Waals surface area contributed by atoms with Crippen LogP contribution in [0.4, 0.5) is 0 Å². The molecule has 0 fully saturated rings. The van der Waals surface area contributed by atoms with Gasteiger partial charge in [-0.3, -0.25) is 4.79 Å². The zero-order valence-electron chi connectivity index (χ0n) is 9.76. The van der Waals surface area contributed by atoms with Crippen molar-refractivity contribution in [2.75, 3.05) is 12.4 Å². The van der Waals surface area contributed by atoms with E-state index in [4.69, 9.17) is 15.6 Å². The van der Waals surface area contributed by atoms with E-state index in [0.29, 0.717) is 18.1 Å². The van der Waals surface area contributed by atoms with Crippen LogP contribution in [0, 0.1) is 0 Å². The highest BCUT2D eigenvalue weighted by molar-refractivity contribution is 7.98. The fourth-order valence-corrected chi connectivity index (χ4v) is 2.26. The van der Waals surface area contributed by atoms with Crippen LogP contribution in [0.1, 0.15) is 12.5 Å². The fourth-order valence-electron chi connectivity index (χ4n) is 1.29. The third kappa shape index (κ3) is 4.66. The second-order valence-corrected chi connectivity index (χ2v) is 4.53. The monoisotopic (exact) mass is 255 g/mol. The maximum Gasteiger partial charge on any atom is 0.321 e. The molecule has 1 rings (SSSR count). The molecule has 0 radical (unpaired) electrons. The van der Waals surface area contributed by atoms with Crippen molar-refractivity contribution in [2.45, 2.75) is 18.7 Å². The second kappa shape index (κ2) is 7.19. The summed E-state index contributed by atoms with van der Waals surface area (Å²) in [6.07, 6.45) is 0. The molecule has 3 N–H and O–H groups in total. The van der Waals surface area contributed by atoms with Crippen LogP contribution in [0.5, 0.6) is 5.75 Å². The van der Waals surface area contributed by atoms with Gasteiger partial charge in [-0.1, -0.05) is 18.2 Å². The van der Waals surface area contributed by atoms with Crippen molar-refractivity contribution in [3.8, 4) is 5.75 Å². The number of para-hydroxylation sites is 1. The van der Waals surface area contributed by atoms with Crippen LogP contribution in [0.2, 0.25) is 0 Å². The molecule has 1 atom stereocenters. The van der Waals surface area contributed by atoms with Gasteiger partial charge in [-0.25, -0.2) is 0 Å². The molecular weight excluding hydrogens is 238 g/mol. The second-order valence-electron chi connectivity index (χ2n) is 3.50. The van der Waals surface area contributed by atoms with Crippen LogP contribution < -0.4 is 10.5 Å². The summed E-state index contributed by atoms with van der Waals surface area (Å²) in [7, 11) is 0. The van der Waals surface area contributed by atoms with E-state index in [1.54, 1.807) is 0 Å². The van der Waals surface area contributed by atoms with Gasteiger partial charge < -0.3 is 15.6 Å². The summed E-state index contributed by atoms with van der Waals surface area (Å²) in [5.74, 6) is 0.995. The lowest BCUT2D eigenvalue weighted by Gasteiger charge is -2.10. The van der Waals surface area contributed by atoms with E-state index in [1.165, 1.54) is 11.8 Å². The molecule has 0 aliphatic rings. The van der Waals surface area contributed by atoms with Crippen LogP contribution in [0.15, 0.2) is 24.3 Å². The number of thioether (sulfide) groups is 1. The molecule has 0 bridgehead atoms. The molecule has 0 saturated heterocycles. The highest BCUT2D eigenvalue weighted by Gasteiger charge is 2.11. The fraction of sp³-hybridized carbons (Fsp3) is 0.417. The summed E-state index contributed by atoms with van der Waals surface area (Å²) in [5, 5.41) is 8.65. The number of aliphatic carboxylic acids is 1. The van der Waals surface area contributed by atoms with E-state index in [0.717, 1.165) is 11.3 Å². The van der Waals surface area contributed by atoms with Gasteiger partial charge in [0, 0.05) is 17.1 Å². The zero-order valence-corrected chi connectivity index (χ0v) is 10.6. The molecular formula is C12H17NO3S. The Morgan fingerprint density at radius 3 is 2.88 bits per heavy atom. The molecule has 0 aromatic heterocycles. The number of nitrogens with two attached hydrogens (primary N) is 1. The van der Waals surface area contributed by atoms with Gasteiger partial charge in [-0.05, 0) is 13.0 Å². The van der Waals surface area contributed by atoms with Crippen molar-refractivity contribution in [3.05, 3.63) is 29.8 Å². The maximum atomic E-state index is 10.5. The normalized spacial score (nSPS) is 12.1. The smallest absolute Gasteiger partial charge is 0.321 e. The Kier molecular flexibility index (Phi) is 5.86. The molecule has 94 valence electrons. The number of carboxylic acid groups (broad SMARTS) is 1. The third-order valence-corrected chi connectivity index (χ3v) is 3.25. The van der Waals surface area contributed by atoms with Crippen LogP contribution in [-0.4, -0.2) is 29.5 Å². The number of carbonyl (C=O) groups is 1. The van der Waals surface area contributed by atoms with E-state index >= 15 is 0 Å². The Hall–Kier alpha value is -1.20. The van der Waals surface area contributed by atoms with Gasteiger partial charge in [0.25, 0.3) is 0 Å². The van der Waals surface area contributed by atoms with E-state index < -0.39 is 12.0 Å². The molecule has 0 aliphatic carbocycles. The topological polar surface area (TPSA) is 72.5 Å². The first-order chi connectivity index (χ1) is 8.15. The number of hydrogen-bond acceptors (Lipinski definition) is 4. The minimum Gasteiger partial charge on any atom is -0.494 e. The molecule has 0 aliphatic heterocycles. The summed E-state index contributed by atoms with van der Waals surface area (Å²) in [6, 6.07) is 6.94. The van der Waals surface area contributed by atoms with Crippen molar-refractivity contribution in [1.29, 1.82) is 0 Å². The summed E-state index contributed by atoms with van der Waals surface area (Å²) in [6.45, 7) is 2.56. The summed E-state index contributed by atoms with van der Waals surface area (Å²) >= 11 is 1.50. The van der Waals surface area contributed by atoms with Gasteiger partial charge >= 0.3 is 5.97 Å². The molecule has 4 nitrogen and oxygen atoms in total. The van der Waals surface area contributed by atoms with Gasteiger partial charge in [-0.15, -0.1) is 0 Å². The van der Waals surface area contributed by atoms with Gasteiger partial charge in [0.15, 0.2) is 0 Å². The summed E-state index contributed by atoms with van der Waals surface area (Å²) in [4.78, 5) is 10.5. The first kappa shape index (κ1) is 13.9. The summed E-state index contributed by atoms with van der Waals surface area (Å²) in [5.41, 5.74) is 6.49. The van der Waals surface area contributed by atoms with Gasteiger partial charge in [0.2, 0.25) is 0 Å². The number of rotatable bonds is 7. The SMILES string of the molecule is CCOc1ccccc1CSCC(N)C(=O)O. The zero-order chi connectivity index (χ0) is 12.7. The molecule has 1 aromatic rings. The van der Waals surface area contributed by atoms with Crippen LogP contribution in [0.3, 0.4) is 0 Å². The lowest BCUT2D eigenvalue weighted by Crippen LogP contribution is -2.32. The average Bonchev–Trinajstić information content (AvgIpc) is 2.31. The lowest BCUT2D eigenvalue weighted by atomic mass is 10.2. The molecule has 5 heteroatoms. The molecule has 0 amide bonds. The average molecular weight is 255 g/mol. The van der Waals surface area contributed by atoms with Crippen molar-refractivity contribution in [1.82, 2.24) is 0 Å². The molecule has 0 saturated carbocycles. The van der Waals surface area contributed by atoms with Crippen LogP contribution in [-0.2, 0) is 10.5 Å². The van der Waals surface area contributed by atoms with E-state index in [2.05, 4.69) is 0 Å². The first-order valence-electron chi connectivity index (χ1n) is 5.42. The lowest BCUT2D eigenvalue weighted by molar-refractivity contribution is -0.137. The van der Waals surface area contributed by atoms with Gasteiger partial charge in [-0.2, -0.15) is 11.8 Å².